The predicted octanol–water partition coefficient (Wildman–Crippen LogP) is 2.90. The Morgan fingerprint density at radius 3 is 2.79 bits per heavy atom. The molecule has 0 radical (unpaired) electrons. The van der Waals surface area contributed by atoms with Crippen molar-refractivity contribution in [2.75, 3.05) is 13.2 Å². The summed E-state index contributed by atoms with van der Waals surface area (Å²) in [7, 11) is 0. The van der Waals surface area contributed by atoms with Gasteiger partial charge in [0.2, 0.25) is 0 Å². The van der Waals surface area contributed by atoms with Crippen molar-refractivity contribution in [2.24, 2.45) is 0 Å². The van der Waals surface area contributed by atoms with E-state index < -0.39 is 5.60 Å². The van der Waals surface area contributed by atoms with Crippen molar-refractivity contribution in [1.29, 1.82) is 0 Å². The van der Waals surface area contributed by atoms with E-state index in [0.717, 1.165) is 11.1 Å². The van der Waals surface area contributed by atoms with E-state index in [4.69, 9.17) is 9.47 Å². The molecule has 0 aromatic heterocycles. The maximum absolute atomic E-state index is 12.2. The van der Waals surface area contributed by atoms with Gasteiger partial charge in [0.1, 0.15) is 0 Å². The van der Waals surface area contributed by atoms with Gasteiger partial charge in [0, 0.05) is 12.8 Å². The Labute approximate surface area is 114 Å². The number of carbonyl (C=O) groups excluding carboxylic acids is 1. The van der Waals surface area contributed by atoms with Gasteiger partial charge in [0.05, 0.1) is 19.8 Å². The molecule has 1 aliphatic heterocycles. The van der Waals surface area contributed by atoms with Crippen molar-refractivity contribution in [3.8, 4) is 0 Å². The van der Waals surface area contributed by atoms with Crippen LogP contribution in [0.25, 0.3) is 0 Å². The summed E-state index contributed by atoms with van der Waals surface area (Å²) in [5.74, 6) is 0.123. The average Bonchev–Trinajstić information content (AvgIpc) is 2.40. The van der Waals surface area contributed by atoms with Crippen LogP contribution in [-0.4, -0.2) is 24.6 Å². The van der Waals surface area contributed by atoms with E-state index in [9.17, 15) is 4.79 Å². The molecule has 1 aromatic carbocycles. The van der Waals surface area contributed by atoms with Gasteiger partial charge in [-0.2, -0.15) is 0 Å². The first kappa shape index (κ1) is 14.0. The smallest absolute Gasteiger partial charge is 0.169 e. The van der Waals surface area contributed by atoms with Gasteiger partial charge < -0.3 is 9.47 Å². The molecule has 1 aromatic rings. The number of ether oxygens (including phenoxy) is 2. The molecule has 0 saturated carbocycles. The molecule has 19 heavy (non-hydrogen) atoms. The molecule has 0 amide bonds. The van der Waals surface area contributed by atoms with Crippen molar-refractivity contribution >= 4 is 5.78 Å². The third kappa shape index (κ3) is 3.52. The van der Waals surface area contributed by atoms with Gasteiger partial charge in [-0.15, -0.1) is 6.58 Å². The summed E-state index contributed by atoms with van der Waals surface area (Å²) in [6.07, 6.45) is 0.945. The summed E-state index contributed by atoms with van der Waals surface area (Å²) >= 11 is 0. The minimum Gasteiger partial charge on any atom is -0.377 e. The molecule has 3 nitrogen and oxygen atoms in total. The van der Waals surface area contributed by atoms with E-state index in [1.807, 2.05) is 37.3 Å². The minimum atomic E-state index is -0.847. The fraction of sp³-hybridized carbons (Fsp3) is 0.438. The maximum atomic E-state index is 12.2. The van der Waals surface area contributed by atoms with Crippen LogP contribution in [0.4, 0.5) is 0 Å². The molecule has 0 spiro atoms. The van der Waals surface area contributed by atoms with Crippen LogP contribution in [0.3, 0.4) is 0 Å². The lowest BCUT2D eigenvalue weighted by Crippen LogP contribution is -2.49. The highest BCUT2D eigenvalue weighted by atomic mass is 16.5. The van der Waals surface area contributed by atoms with Crippen LogP contribution in [-0.2, 0) is 20.9 Å². The summed E-state index contributed by atoms with van der Waals surface area (Å²) in [5, 5.41) is 0. The SMILES string of the molecule is C=C(C)CC1(OCc2ccccc2)COCCC1=O. The van der Waals surface area contributed by atoms with E-state index in [1.165, 1.54) is 0 Å². The highest BCUT2D eigenvalue weighted by Crippen LogP contribution is 2.28. The predicted molar refractivity (Wildman–Crippen MR) is 73.8 cm³/mol. The van der Waals surface area contributed by atoms with Gasteiger partial charge in [-0.05, 0) is 12.5 Å². The molecule has 1 heterocycles. The molecule has 2 rings (SSSR count). The van der Waals surface area contributed by atoms with Gasteiger partial charge in [-0.1, -0.05) is 35.9 Å². The van der Waals surface area contributed by atoms with E-state index in [2.05, 4.69) is 6.58 Å². The summed E-state index contributed by atoms with van der Waals surface area (Å²) in [5.41, 5.74) is 1.15. The number of benzene rings is 1. The Balaban J connectivity index is 2.09. The molecule has 1 unspecified atom stereocenters. The van der Waals surface area contributed by atoms with Gasteiger partial charge in [-0.25, -0.2) is 0 Å². The summed E-state index contributed by atoms with van der Waals surface area (Å²) < 4.78 is 11.4. The summed E-state index contributed by atoms with van der Waals surface area (Å²) in [6.45, 7) is 7.04. The monoisotopic (exact) mass is 260 g/mol. The third-order valence-electron chi connectivity index (χ3n) is 3.26. The summed E-state index contributed by atoms with van der Waals surface area (Å²) in [6, 6.07) is 9.86. The van der Waals surface area contributed by atoms with Crippen LogP contribution in [0.5, 0.6) is 0 Å². The molecule has 1 fully saturated rings. The number of ketones is 1. The molecule has 1 atom stereocenters. The van der Waals surface area contributed by atoms with Crippen molar-refractivity contribution in [2.45, 2.75) is 32.0 Å². The molecule has 0 N–H and O–H groups in total. The van der Waals surface area contributed by atoms with Crippen LogP contribution >= 0.6 is 0 Å². The first-order valence-corrected chi connectivity index (χ1v) is 6.56. The van der Waals surface area contributed by atoms with E-state index in [0.29, 0.717) is 32.7 Å². The second-order valence-electron chi connectivity index (χ2n) is 5.13. The first-order valence-electron chi connectivity index (χ1n) is 6.56. The molecule has 1 aliphatic rings. The fourth-order valence-corrected chi connectivity index (χ4v) is 2.32. The standard InChI is InChI=1S/C16H20O3/c1-13(2)10-16(12-18-9-8-15(16)17)19-11-14-6-4-3-5-7-14/h3-7H,1,8-12H2,2H3. The molecule has 0 bridgehead atoms. The van der Waals surface area contributed by atoms with Crippen LogP contribution < -0.4 is 0 Å². The van der Waals surface area contributed by atoms with Crippen LogP contribution in [0.1, 0.15) is 25.3 Å². The molecular formula is C16H20O3. The average molecular weight is 260 g/mol. The zero-order valence-corrected chi connectivity index (χ0v) is 11.4. The fourth-order valence-electron chi connectivity index (χ4n) is 2.32. The topological polar surface area (TPSA) is 35.5 Å². The number of carbonyl (C=O) groups is 1. The number of hydrogen-bond donors (Lipinski definition) is 0. The lowest BCUT2D eigenvalue weighted by molar-refractivity contribution is -0.167. The van der Waals surface area contributed by atoms with Gasteiger partial charge in [0.25, 0.3) is 0 Å². The maximum Gasteiger partial charge on any atom is 0.169 e. The number of Topliss-reactive ketones (excluding diaryl/α,β-unsaturated/α-hetero) is 1. The molecule has 0 aliphatic carbocycles. The van der Waals surface area contributed by atoms with Gasteiger partial charge in [-0.3, -0.25) is 4.79 Å². The molecular weight excluding hydrogens is 240 g/mol. The van der Waals surface area contributed by atoms with E-state index in [-0.39, 0.29) is 5.78 Å². The second-order valence-corrected chi connectivity index (χ2v) is 5.13. The van der Waals surface area contributed by atoms with Gasteiger partial charge in [0.15, 0.2) is 11.4 Å². The van der Waals surface area contributed by atoms with Crippen LogP contribution in [0, 0.1) is 0 Å². The Kier molecular flexibility index (Phi) is 4.51. The van der Waals surface area contributed by atoms with E-state index in [1.54, 1.807) is 0 Å². The quantitative estimate of drug-likeness (QED) is 0.764. The zero-order chi connectivity index (χ0) is 13.7. The molecule has 102 valence electrons. The van der Waals surface area contributed by atoms with E-state index >= 15 is 0 Å². The number of rotatable bonds is 5. The Hall–Kier alpha value is -1.45. The van der Waals surface area contributed by atoms with Crippen LogP contribution in [0.15, 0.2) is 42.5 Å². The highest BCUT2D eigenvalue weighted by molar-refractivity contribution is 5.88. The molecule has 1 saturated heterocycles. The van der Waals surface area contributed by atoms with Crippen molar-refractivity contribution in [3.63, 3.8) is 0 Å². The second kappa shape index (κ2) is 6.13. The van der Waals surface area contributed by atoms with Crippen LogP contribution in [0.2, 0.25) is 0 Å². The lowest BCUT2D eigenvalue weighted by atomic mass is 9.88. The third-order valence-corrected chi connectivity index (χ3v) is 3.26. The zero-order valence-electron chi connectivity index (χ0n) is 11.4. The normalized spacial score (nSPS) is 23.3. The van der Waals surface area contributed by atoms with Crippen molar-refractivity contribution < 1.29 is 14.3 Å². The number of hydrogen-bond acceptors (Lipinski definition) is 3. The van der Waals surface area contributed by atoms with Gasteiger partial charge >= 0.3 is 0 Å². The molecule has 3 heteroatoms. The summed E-state index contributed by atoms with van der Waals surface area (Å²) in [4.78, 5) is 12.2. The minimum absolute atomic E-state index is 0.123. The van der Waals surface area contributed by atoms with Crippen molar-refractivity contribution in [1.82, 2.24) is 0 Å². The Morgan fingerprint density at radius 2 is 2.16 bits per heavy atom. The Bertz CT molecular complexity index is 452. The lowest BCUT2D eigenvalue weighted by Gasteiger charge is -2.35. The highest BCUT2D eigenvalue weighted by Gasteiger charge is 2.41. The van der Waals surface area contributed by atoms with Crippen molar-refractivity contribution in [3.05, 3.63) is 48.0 Å². The first-order chi connectivity index (χ1) is 9.12. The Morgan fingerprint density at radius 1 is 1.42 bits per heavy atom. The largest absolute Gasteiger partial charge is 0.377 e.